The van der Waals surface area contributed by atoms with E-state index in [4.69, 9.17) is 10.4 Å². The van der Waals surface area contributed by atoms with E-state index in [1.807, 2.05) is 30.3 Å². The number of fused-ring (bicyclic) bond motifs is 2. The van der Waals surface area contributed by atoms with Crippen molar-refractivity contribution in [2.24, 2.45) is 10.7 Å². The second-order valence-electron chi connectivity index (χ2n) is 6.50. The van der Waals surface area contributed by atoms with Crippen molar-refractivity contribution in [1.29, 1.82) is 0 Å². The van der Waals surface area contributed by atoms with Gasteiger partial charge in [-0.1, -0.05) is 36.4 Å². The van der Waals surface area contributed by atoms with E-state index >= 15 is 0 Å². The molecule has 0 aliphatic carbocycles. The van der Waals surface area contributed by atoms with Crippen LogP contribution in [0.5, 0.6) is 0 Å². The number of hydrogen-bond acceptors (Lipinski definition) is 6. The quantitative estimate of drug-likeness (QED) is 0.673. The van der Waals surface area contributed by atoms with Gasteiger partial charge in [0.15, 0.2) is 6.40 Å². The molecule has 0 saturated heterocycles. The van der Waals surface area contributed by atoms with Crippen LogP contribution >= 0.6 is 0 Å². The number of nitrogens with zero attached hydrogens (tertiary/aromatic N) is 2. The summed E-state index contributed by atoms with van der Waals surface area (Å²) in [5, 5.41) is 12.1. The maximum atomic E-state index is 13.0. The van der Waals surface area contributed by atoms with Crippen LogP contribution in [0.1, 0.15) is 17.0 Å². The molecule has 134 valence electrons. The molecule has 6 nitrogen and oxygen atoms in total. The minimum atomic E-state index is -1.08. The summed E-state index contributed by atoms with van der Waals surface area (Å²) < 4.78 is 5.01. The van der Waals surface area contributed by atoms with E-state index < -0.39 is 13.0 Å². The molecule has 0 spiro atoms. The number of aliphatic imine (C=N–C) groups is 1. The van der Waals surface area contributed by atoms with Gasteiger partial charge in [-0.05, 0) is 22.6 Å². The molecular weight excluding hydrogens is 341 g/mol. The summed E-state index contributed by atoms with van der Waals surface area (Å²) in [6.45, 7) is 0.166. The highest BCUT2D eigenvalue weighted by atomic mass is 16.5. The second kappa shape index (κ2) is 7.30. The minimum absolute atomic E-state index is 0.00971. The predicted octanol–water partition coefficient (Wildman–Crippen LogP) is 1.47. The minimum Gasteiger partial charge on any atom is -0.524 e. The zero-order valence-corrected chi connectivity index (χ0v) is 14.6. The first kappa shape index (κ1) is 17.4. The summed E-state index contributed by atoms with van der Waals surface area (Å²) >= 11 is 0. The monoisotopic (exact) mass is 359 g/mol. The Morgan fingerprint density at radius 3 is 2.96 bits per heavy atom. The summed E-state index contributed by atoms with van der Waals surface area (Å²) in [5.74, 6) is -0.494. The third-order valence-corrected chi connectivity index (χ3v) is 4.82. The number of pyridine rings is 1. The molecule has 1 aliphatic rings. The molecule has 1 aliphatic heterocycles. The lowest BCUT2D eigenvalue weighted by molar-refractivity contribution is -0.119. The zero-order chi connectivity index (χ0) is 18.8. The first-order valence-electron chi connectivity index (χ1n) is 8.71. The number of Topliss-reactive ketones (excluding diaryl/α,β-unsaturated/α-hetero) is 1. The summed E-state index contributed by atoms with van der Waals surface area (Å²) in [6.07, 6.45) is 5.00. The number of rotatable bonds is 5. The highest BCUT2D eigenvalue weighted by Crippen LogP contribution is 2.28. The van der Waals surface area contributed by atoms with E-state index in [1.54, 1.807) is 24.5 Å². The molecule has 0 bridgehead atoms. The Morgan fingerprint density at radius 2 is 2.11 bits per heavy atom. The van der Waals surface area contributed by atoms with Gasteiger partial charge in [-0.3, -0.25) is 9.78 Å². The third-order valence-electron chi connectivity index (χ3n) is 4.82. The number of carbonyl (C=O) groups is 1. The van der Waals surface area contributed by atoms with E-state index in [0.29, 0.717) is 16.7 Å². The van der Waals surface area contributed by atoms with Gasteiger partial charge >= 0.3 is 7.12 Å². The molecule has 4 rings (SSSR count). The van der Waals surface area contributed by atoms with Crippen molar-refractivity contribution in [3.63, 3.8) is 0 Å². The van der Waals surface area contributed by atoms with Crippen LogP contribution in [0.2, 0.25) is 0 Å². The van der Waals surface area contributed by atoms with Crippen LogP contribution in [0.4, 0.5) is 5.69 Å². The molecule has 27 heavy (non-hydrogen) atoms. The lowest BCUT2D eigenvalue weighted by atomic mass is 9.75. The van der Waals surface area contributed by atoms with Crippen LogP contribution in [-0.2, 0) is 15.9 Å². The topological polar surface area (TPSA) is 97.8 Å². The van der Waals surface area contributed by atoms with E-state index in [-0.39, 0.29) is 18.7 Å². The Balaban J connectivity index is 1.64. The van der Waals surface area contributed by atoms with Crippen LogP contribution in [0.25, 0.3) is 10.8 Å². The predicted molar refractivity (Wildman–Crippen MR) is 106 cm³/mol. The van der Waals surface area contributed by atoms with Crippen molar-refractivity contribution in [3.8, 4) is 0 Å². The molecule has 7 heteroatoms. The number of nitrogens with two attached hydrogens (primary N) is 1. The molecule has 0 saturated carbocycles. The summed E-state index contributed by atoms with van der Waals surface area (Å²) in [7, 11) is -1.08. The number of para-hydroxylation sites is 1. The van der Waals surface area contributed by atoms with E-state index in [1.165, 1.54) is 6.40 Å². The molecule has 2 heterocycles. The van der Waals surface area contributed by atoms with Crippen LogP contribution in [0.15, 0.2) is 59.9 Å². The normalized spacial score (nSPS) is 13.9. The van der Waals surface area contributed by atoms with Gasteiger partial charge in [0.25, 0.3) is 0 Å². The van der Waals surface area contributed by atoms with Gasteiger partial charge in [-0.15, -0.1) is 0 Å². The average molecular weight is 359 g/mol. The van der Waals surface area contributed by atoms with Crippen LogP contribution in [0.3, 0.4) is 0 Å². The highest BCUT2D eigenvalue weighted by Gasteiger charge is 2.30. The first-order valence-corrected chi connectivity index (χ1v) is 8.71. The second-order valence-corrected chi connectivity index (χ2v) is 6.50. The van der Waals surface area contributed by atoms with Gasteiger partial charge in [0.1, 0.15) is 5.78 Å². The van der Waals surface area contributed by atoms with Crippen molar-refractivity contribution >= 4 is 41.2 Å². The molecule has 1 unspecified atom stereocenters. The lowest BCUT2D eigenvalue weighted by Gasteiger charge is -2.21. The van der Waals surface area contributed by atoms with Crippen LogP contribution in [0, 0.1) is 0 Å². The van der Waals surface area contributed by atoms with Gasteiger partial charge in [0.2, 0.25) is 0 Å². The number of benzene rings is 2. The molecule has 0 radical (unpaired) electrons. The molecule has 0 amide bonds. The molecule has 2 aromatic carbocycles. The Kier molecular flexibility index (Phi) is 4.70. The Hall–Kier alpha value is -3.03. The third kappa shape index (κ3) is 3.34. The van der Waals surface area contributed by atoms with Crippen LogP contribution in [-0.4, -0.2) is 35.9 Å². The number of aromatic nitrogens is 1. The molecule has 1 atom stereocenters. The highest BCUT2D eigenvalue weighted by molar-refractivity contribution is 6.63. The van der Waals surface area contributed by atoms with Gasteiger partial charge in [-0.2, -0.15) is 0 Å². The van der Waals surface area contributed by atoms with Crippen molar-refractivity contribution in [2.75, 3.05) is 6.54 Å². The largest absolute Gasteiger partial charge is 0.562 e. The standard InChI is InChI=1S/C20H18BN3O3/c22-10-17(16-2-1-3-18-20(16)24-12-27-21(18)26)19(25)9-13-4-5-15-11-23-7-6-14(15)8-13/h1-8,11-12,17,26H,9-10,22H2. The van der Waals surface area contributed by atoms with Gasteiger partial charge in [0, 0.05) is 36.2 Å². The van der Waals surface area contributed by atoms with Gasteiger partial charge in [0.05, 0.1) is 11.6 Å². The Morgan fingerprint density at radius 1 is 1.22 bits per heavy atom. The summed E-state index contributed by atoms with van der Waals surface area (Å²) in [4.78, 5) is 21.3. The number of hydrogen-bond donors (Lipinski definition) is 2. The lowest BCUT2D eigenvalue weighted by Crippen LogP contribution is -2.37. The van der Waals surface area contributed by atoms with Crippen molar-refractivity contribution in [3.05, 3.63) is 66.0 Å². The smallest absolute Gasteiger partial charge is 0.524 e. The van der Waals surface area contributed by atoms with Crippen molar-refractivity contribution < 1.29 is 14.5 Å². The van der Waals surface area contributed by atoms with Crippen molar-refractivity contribution in [2.45, 2.75) is 12.3 Å². The fourth-order valence-corrected chi connectivity index (χ4v) is 3.42. The fourth-order valence-electron chi connectivity index (χ4n) is 3.42. The van der Waals surface area contributed by atoms with E-state index in [9.17, 15) is 9.82 Å². The average Bonchev–Trinajstić information content (AvgIpc) is 2.69. The maximum absolute atomic E-state index is 13.0. The molecule has 0 fully saturated rings. The van der Waals surface area contributed by atoms with Gasteiger partial charge in [-0.25, -0.2) is 4.99 Å². The molecule has 3 aromatic rings. The maximum Gasteiger partial charge on any atom is 0.562 e. The number of ketones is 1. The summed E-state index contributed by atoms with van der Waals surface area (Å²) in [6, 6.07) is 13.2. The van der Waals surface area contributed by atoms with Gasteiger partial charge < -0.3 is 15.4 Å². The SMILES string of the molecule is NCC(C(=O)Cc1ccc2cnccc2c1)c1cccc2c1N=COB2O. The molecular formula is C20H18BN3O3. The zero-order valence-electron chi connectivity index (χ0n) is 14.6. The molecule has 3 N–H and O–H groups in total. The summed E-state index contributed by atoms with van der Waals surface area (Å²) in [5.41, 5.74) is 8.68. The molecule has 1 aromatic heterocycles. The first-order chi connectivity index (χ1) is 13.2. The van der Waals surface area contributed by atoms with Crippen LogP contribution < -0.4 is 11.2 Å². The Labute approximate surface area is 156 Å². The van der Waals surface area contributed by atoms with Crippen molar-refractivity contribution in [1.82, 2.24) is 4.98 Å². The fraction of sp³-hybridized carbons (Fsp3) is 0.150. The van der Waals surface area contributed by atoms with E-state index in [0.717, 1.165) is 16.3 Å². The number of carbonyl (C=O) groups excluding carboxylic acids is 1. The Bertz CT molecular complexity index is 1040. The van der Waals surface area contributed by atoms with E-state index in [2.05, 4.69) is 9.98 Å².